The Kier molecular flexibility index (Phi) is 5.47. The Morgan fingerprint density at radius 3 is 2.55 bits per heavy atom. The van der Waals surface area contributed by atoms with Crippen molar-refractivity contribution in [3.8, 4) is 5.75 Å². The van der Waals surface area contributed by atoms with E-state index in [0.29, 0.717) is 12.0 Å². The lowest BCUT2D eigenvalue weighted by Crippen LogP contribution is -2.43. The Morgan fingerprint density at radius 2 is 1.95 bits per heavy atom. The molecule has 1 aliphatic rings. The van der Waals surface area contributed by atoms with Crippen molar-refractivity contribution in [3.05, 3.63) is 29.3 Å². The lowest BCUT2D eigenvalue weighted by molar-refractivity contribution is 0.270. The first-order valence-electron chi connectivity index (χ1n) is 8.09. The van der Waals surface area contributed by atoms with Gasteiger partial charge in [-0.15, -0.1) is 0 Å². The SMILES string of the molecule is CCCC1Cc2ccc(OC)cc2[C@@H](CCC)C1NC. The third kappa shape index (κ3) is 3.01. The van der Waals surface area contributed by atoms with Crippen LogP contribution in [0.3, 0.4) is 0 Å². The lowest BCUT2D eigenvalue weighted by Gasteiger charge is -2.40. The number of methoxy groups -OCH3 is 1. The molecule has 0 aliphatic heterocycles. The van der Waals surface area contributed by atoms with Gasteiger partial charge in [-0.3, -0.25) is 0 Å². The van der Waals surface area contributed by atoms with Gasteiger partial charge in [0.25, 0.3) is 0 Å². The van der Waals surface area contributed by atoms with E-state index in [0.717, 1.165) is 11.7 Å². The highest BCUT2D eigenvalue weighted by Gasteiger charge is 2.34. The zero-order chi connectivity index (χ0) is 14.5. The average Bonchev–Trinajstić information content (AvgIpc) is 2.47. The topological polar surface area (TPSA) is 21.3 Å². The van der Waals surface area contributed by atoms with Crippen LogP contribution in [-0.2, 0) is 6.42 Å². The highest BCUT2D eigenvalue weighted by Crippen LogP contribution is 2.40. The first-order chi connectivity index (χ1) is 9.74. The van der Waals surface area contributed by atoms with Gasteiger partial charge in [0.1, 0.15) is 5.75 Å². The number of nitrogens with one attached hydrogen (secondary N) is 1. The second-order valence-corrected chi connectivity index (χ2v) is 6.03. The van der Waals surface area contributed by atoms with Crippen LogP contribution in [0.25, 0.3) is 0 Å². The van der Waals surface area contributed by atoms with Crippen molar-refractivity contribution in [2.24, 2.45) is 5.92 Å². The fourth-order valence-corrected chi connectivity index (χ4v) is 3.90. The quantitative estimate of drug-likeness (QED) is 0.842. The van der Waals surface area contributed by atoms with E-state index in [-0.39, 0.29) is 0 Å². The Morgan fingerprint density at radius 1 is 1.20 bits per heavy atom. The average molecular weight is 275 g/mol. The number of hydrogen-bond donors (Lipinski definition) is 1. The van der Waals surface area contributed by atoms with Crippen molar-refractivity contribution in [2.75, 3.05) is 14.2 Å². The van der Waals surface area contributed by atoms with Crippen LogP contribution in [-0.4, -0.2) is 20.2 Å². The summed E-state index contributed by atoms with van der Waals surface area (Å²) < 4.78 is 5.43. The molecular weight excluding hydrogens is 246 g/mol. The van der Waals surface area contributed by atoms with Gasteiger partial charge >= 0.3 is 0 Å². The van der Waals surface area contributed by atoms with Gasteiger partial charge in [-0.2, -0.15) is 0 Å². The van der Waals surface area contributed by atoms with Crippen molar-refractivity contribution in [1.29, 1.82) is 0 Å². The molecular formula is C18H29NO. The van der Waals surface area contributed by atoms with E-state index in [1.807, 2.05) is 0 Å². The van der Waals surface area contributed by atoms with Crippen LogP contribution < -0.4 is 10.1 Å². The van der Waals surface area contributed by atoms with E-state index in [1.54, 1.807) is 7.11 Å². The van der Waals surface area contributed by atoms with Crippen LogP contribution in [0.15, 0.2) is 18.2 Å². The fraction of sp³-hybridized carbons (Fsp3) is 0.667. The molecule has 3 atom stereocenters. The Balaban J connectivity index is 2.38. The molecule has 0 heterocycles. The fourth-order valence-electron chi connectivity index (χ4n) is 3.90. The minimum atomic E-state index is 0.606. The standard InChI is InChI=1S/C18H29NO/c1-5-7-14-11-13-9-10-15(20-4)12-17(13)16(8-6-2)18(14)19-3/h9-10,12,14,16,18-19H,5-8,11H2,1-4H3/t14?,16-,18?/m1/s1. The molecule has 2 nitrogen and oxygen atoms in total. The predicted molar refractivity (Wildman–Crippen MR) is 85.6 cm³/mol. The Bertz CT molecular complexity index is 429. The zero-order valence-electron chi connectivity index (χ0n) is 13.4. The molecule has 0 fully saturated rings. The molecule has 0 radical (unpaired) electrons. The Hall–Kier alpha value is -1.02. The summed E-state index contributed by atoms with van der Waals surface area (Å²) in [7, 11) is 3.88. The molecule has 1 aromatic rings. The second kappa shape index (κ2) is 7.12. The molecule has 2 heteroatoms. The first kappa shape index (κ1) is 15.4. The number of benzene rings is 1. The van der Waals surface area contributed by atoms with Gasteiger partial charge in [-0.25, -0.2) is 0 Å². The number of fused-ring (bicyclic) bond motifs is 1. The van der Waals surface area contributed by atoms with Gasteiger partial charge in [-0.05, 0) is 61.4 Å². The van der Waals surface area contributed by atoms with Crippen molar-refractivity contribution in [2.45, 2.75) is 57.9 Å². The smallest absolute Gasteiger partial charge is 0.119 e. The molecule has 0 saturated heterocycles. The van der Waals surface area contributed by atoms with Crippen LogP contribution in [0.1, 0.15) is 56.6 Å². The summed E-state index contributed by atoms with van der Waals surface area (Å²) in [6.45, 7) is 4.58. The maximum absolute atomic E-state index is 5.43. The molecule has 1 aliphatic carbocycles. The summed E-state index contributed by atoms with van der Waals surface area (Å²) in [5.41, 5.74) is 3.05. The van der Waals surface area contributed by atoms with Crippen LogP contribution in [0.5, 0.6) is 5.75 Å². The molecule has 2 rings (SSSR count). The van der Waals surface area contributed by atoms with Crippen LogP contribution in [0.2, 0.25) is 0 Å². The number of rotatable bonds is 6. The third-order valence-corrected chi connectivity index (χ3v) is 4.77. The molecule has 20 heavy (non-hydrogen) atoms. The molecule has 0 amide bonds. The lowest BCUT2D eigenvalue weighted by atomic mass is 9.70. The molecule has 112 valence electrons. The summed E-state index contributed by atoms with van der Waals surface area (Å²) in [5.74, 6) is 2.39. The number of likely N-dealkylation sites (N-methyl/N-ethyl adjacent to an activating group) is 1. The maximum Gasteiger partial charge on any atom is 0.119 e. The summed E-state index contributed by atoms with van der Waals surface area (Å²) in [6, 6.07) is 7.27. The van der Waals surface area contributed by atoms with Crippen LogP contribution in [0.4, 0.5) is 0 Å². The van der Waals surface area contributed by atoms with E-state index >= 15 is 0 Å². The van der Waals surface area contributed by atoms with E-state index in [9.17, 15) is 0 Å². The predicted octanol–water partition coefficient (Wildman–Crippen LogP) is 4.14. The zero-order valence-corrected chi connectivity index (χ0v) is 13.4. The Labute approximate surface area is 123 Å². The van der Waals surface area contributed by atoms with Gasteiger partial charge in [0.2, 0.25) is 0 Å². The number of hydrogen-bond acceptors (Lipinski definition) is 2. The number of ether oxygens (including phenoxy) is 1. The van der Waals surface area contributed by atoms with Crippen LogP contribution in [0, 0.1) is 5.92 Å². The second-order valence-electron chi connectivity index (χ2n) is 6.03. The molecule has 1 N–H and O–H groups in total. The summed E-state index contributed by atoms with van der Waals surface area (Å²) >= 11 is 0. The summed E-state index contributed by atoms with van der Waals surface area (Å²) in [5, 5.41) is 3.61. The van der Waals surface area contributed by atoms with Crippen molar-refractivity contribution < 1.29 is 4.74 Å². The van der Waals surface area contributed by atoms with Gasteiger partial charge in [0.15, 0.2) is 0 Å². The molecule has 0 aromatic heterocycles. The molecule has 0 spiro atoms. The first-order valence-corrected chi connectivity index (χ1v) is 8.09. The summed E-state index contributed by atoms with van der Waals surface area (Å²) in [6.07, 6.45) is 6.29. The van der Waals surface area contributed by atoms with Crippen molar-refractivity contribution in [1.82, 2.24) is 5.32 Å². The third-order valence-electron chi connectivity index (χ3n) is 4.77. The largest absolute Gasteiger partial charge is 0.497 e. The monoisotopic (exact) mass is 275 g/mol. The summed E-state index contributed by atoms with van der Waals surface area (Å²) in [4.78, 5) is 0. The van der Waals surface area contributed by atoms with Crippen molar-refractivity contribution >= 4 is 0 Å². The highest BCUT2D eigenvalue weighted by molar-refractivity contribution is 5.41. The molecule has 0 saturated carbocycles. The molecule has 0 bridgehead atoms. The minimum absolute atomic E-state index is 0.606. The minimum Gasteiger partial charge on any atom is -0.497 e. The molecule has 1 aromatic carbocycles. The highest BCUT2D eigenvalue weighted by atomic mass is 16.5. The maximum atomic E-state index is 5.43. The van der Waals surface area contributed by atoms with E-state index in [2.05, 4.69) is 44.4 Å². The van der Waals surface area contributed by atoms with E-state index in [4.69, 9.17) is 4.74 Å². The molecule has 2 unspecified atom stereocenters. The van der Waals surface area contributed by atoms with E-state index in [1.165, 1.54) is 43.2 Å². The van der Waals surface area contributed by atoms with Crippen molar-refractivity contribution in [3.63, 3.8) is 0 Å². The van der Waals surface area contributed by atoms with Gasteiger partial charge in [0.05, 0.1) is 7.11 Å². The van der Waals surface area contributed by atoms with Gasteiger partial charge in [0, 0.05) is 6.04 Å². The van der Waals surface area contributed by atoms with Crippen LogP contribution >= 0.6 is 0 Å². The van der Waals surface area contributed by atoms with Gasteiger partial charge in [-0.1, -0.05) is 32.8 Å². The van der Waals surface area contributed by atoms with Gasteiger partial charge < -0.3 is 10.1 Å². The normalized spacial score (nSPS) is 25.3. The van der Waals surface area contributed by atoms with E-state index < -0.39 is 0 Å².